The summed E-state index contributed by atoms with van der Waals surface area (Å²) < 4.78 is 13.7. The molecule has 0 aliphatic carbocycles. The minimum atomic E-state index is -0.194. The summed E-state index contributed by atoms with van der Waals surface area (Å²) in [7, 11) is 0. The van der Waals surface area contributed by atoms with E-state index in [2.05, 4.69) is 25.1 Å². The molecule has 2 N–H and O–H groups in total. The van der Waals surface area contributed by atoms with E-state index in [-0.39, 0.29) is 11.9 Å². The van der Waals surface area contributed by atoms with Crippen LogP contribution in [0.1, 0.15) is 29.7 Å². The first-order chi connectivity index (χ1) is 8.97. The van der Waals surface area contributed by atoms with Gasteiger partial charge in [0.15, 0.2) is 0 Å². The van der Waals surface area contributed by atoms with Gasteiger partial charge in [-0.05, 0) is 56.2 Å². The molecule has 1 nitrogen and oxygen atoms in total. The molecule has 2 aromatic carbocycles. The quantitative estimate of drug-likeness (QED) is 0.885. The molecule has 19 heavy (non-hydrogen) atoms. The zero-order valence-electron chi connectivity index (χ0n) is 11.4. The highest BCUT2D eigenvalue weighted by molar-refractivity contribution is 7.99. The van der Waals surface area contributed by atoms with E-state index in [0.29, 0.717) is 5.56 Å². The summed E-state index contributed by atoms with van der Waals surface area (Å²) >= 11 is 1.63. The summed E-state index contributed by atoms with van der Waals surface area (Å²) in [5.74, 6) is -0.194. The summed E-state index contributed by atoms with van der Waals surface area (Å²) in [5, 5.41) is 0. The van der Waals surface area contributed by atoms with Gasteiger partial charge >= 0.3 is 0 Å². The van der Waals surface area contributed by atoms with Crippen molar-refractivity contribution in [2.75, 3.05) is 0 Å². The molecule has 0 saturated carbocycles. The summed E-state index contributed by atoms with van der Waals surface area (Å²) in [6, 6.07) is 11.5. The Hall–Kier alpha value is -1.32. The Morgan fingerprint density at radius 2 is 1.89 bits per heavy atom. The van der Waals surface area contributed by atoms with Crippen LogP contribution in [0.2, 0.25) is 0 Å². The third-order valence-electron chi connectivity index (χ3n) is 3.00. The summed E-state index contributed by atoms with van der Waals surface area (Å²) in [6.45, 7) is 5.72. The SMILES string of the molecule is Cc1cccc(Sc2cc(C)c(F)cc2C(C)N)c1. The van der Waals surface area contributed by atoms with Gasteiger partial charge in [0, 0.05) is 15.8 Å². The molecule has 0 spiro atoms. The lowest BCUT2D eigenvalue weighted by atomic mass is 10.1. The molecule has 0 fully saturated rings. The first kappa shape index (κ1) is 14.1. The normalized spacial score (nSPS) is 12.5. The first-order valence-corrected chi connectivity index (χ1v) is 7.09. The molecule has 0 aromatic heterocycles. The highest BCUT2D eigenvalue weighted by Gasteiger charge is 2.12. The molecule has 0 saturated heterocycles. The van der Waals surface area contributed by atoms with E-state index in [4.69, 9.17) is 5.73 Å². The van der Waals surface area contributed by atoms with Crippen molar-refractivity contribution in [2.45, 2.75) is 36.6 Å². The predicted octanol–water partition coefficient (Wildman–Crippen LogP) is 4.61. The van der Waals surface area contributed by atoms with Crippen molar-refractivity contribution in [2.24, 2.45) is 5.73 Å². The fraction of sp³-hybridized carbons (Fsp3) is 0.250. The predicted molar refractivity (Wildman–Crippen MR) is 79.0 cm³/mol. The summed E-state index contributed by atoms with van der Waals surface area (Å²) in [4.78, 5) is 2.17. The van der Waals surface area contributed by atoms with Gasteiger partial charge in [-0.1, -0.05) is 29.5 Å². The summed E-state index contributed by atoms with van der Waals surface area (Å²) in [5.41, 5.74) is 8.66. The fourth-order valence-corrected chi connectivity index (χ4v) is 3.16. The molecule has 0 radical (unpaired) electrons. The molecular weight excluding hydrogens is 257 g/mol. The van der Waals surface area contributed by atoms with Crippen LogP contribution in [0.3, 0.4) is 0 Å². The van der Waals surface area contributed by atoms with Crippen molar-refractivity contribution in [3.63, 3.8) is 0 Å². The van der Waals surface area contributed by atoms with Gasteiger partial charge in [0.25, 0.3) is 0 Å². The number of rotatable bonds is 3. The van der Waals surface area contributed by atoms with Gasteiger partial charge in [-0.3, -0.25) is 0 Å². The minimum absolute atomic E-state index is 0.178. The van der Waals surface area contributed by atoms with Crippen LogP contribution in [0.5, 0.6) is 0 Å². The Labute approximate surface area is 118 Å². The van der Waals surface area contributed by atoms with Crippen LogP contribution in [0.25, 0.3) is 0 Å². The number of benzene rings is 2. The van der Waals surface area contributed by atoms with Gasteiger partial charge in [-0.15, -0.1) is 0 Å². The first-order valence-electron chi connectivity index (χ1n) is 6.27. The smallest absolute Gasteiger partial charge is 0.126 e. The van der Waals surface area contributed by atoms with Crippen molar-refractivity contribution in [3.05, 3.63) is 58.9 Å². The molecule has 0 amide bonds. The maximum Gasteiger partial charge on any atom is 0.126 e. The molecule has 2 rings (SSSR count). The molecule has 3 heteroatoms. The molecule has 0 bridgehead atoms. The van der Waals surface area contributed by atoms with Gasteiger partial charge in [0.2, 0.25) is 0 Å². The monoisotopic (exact) mass is 275 g/mol. The van der Waals surface area contributed by atoms with Gasteiger partial charge in [-0.25, -0.2) is 4.39 Å². The third kappa shape index (κ3) is 3.37. The maximum atomic E-state index is 13.7. The summed E-state index contributed by atoms with van der Waals surface area (Å²) in [6.07, 6.45) is 0. The number of nitrogens with two attached hydrogens (primary N) is 1. The molecule has 1 atom stereocenters. The van der Waals surface area contributed by atoms with Gasteiger partial charge < -0.3 is 5.73 Å². The average molecular weight is 275 g/mol. The zero-order chi connectivity index (χ0) is 14.0. The van der Waals surface area contributed by atoms with Gasteiger partial charge in [0.1, 0.15) is 5.82 Å². The molecule has 0 aliphatic rings. The second-order valence-corrected chi connectivity index (χ2v) is 5.96. The van der Waals surface area contributed by atoms with Crippen LogP contribution in [-0.2, 0) is 0 Å². The Morgan fingerprint density at radius 1 is 1.16 bits per heavy atom. The molecule has 0 heterocycles. The van der Waals surface area contributed by atoms with Crippen molar-refractivity contribution in [1.82, 2.24) is 0 Å². The second-order valence-electron chi connectivity index (χ2n) is 4.85. The molecule has 0 aliphatic heterocycles. The van der Waals surface area contributed by atoms with Crippen LogP contribution in [0.4, 0.5) is 4.39 Å². The lowest BCUT2D eigenvalue weighted by Gasteiger charge is -2.14. The van der Waals surface area contributed by atoms with E-state index >= 15 is 0 Å². The lowest BCUT2D eigenvalue weighted by Crippen LogP contribution is -2.07. The van der Waals surface area contributed by atoms with E-state index in [0.717, 1.165) is 15.4 Å². The van der Waals surface area contributed by atoms with Crippen molar-refractivity contribution >= 4 is 11.8 Å². The second kappa shape index (κ2) is 5.76. The number of aryl methyl sites for hydroxylation is 2. The number of hydrogen-bond acceptors (Lipinski definition) is 2. The van der Waals surface area contributed by atoms with Crippen molar-refractivity contribution in [1.29, 1.82) is 0 Å². The van der Waals surface area contributed by atoms with Crippen LogP contribution in [0.15, 0.2) is 46.2 Å². The lowest BCUT2D eigenvalue weighted by molar-refractivity contribution is 0.610. The van der Waals surface area contributed by atoms with E-state index in [9.17, 15) is 4.39 Å². The van der Waals surface area contributed by atoms with Crippen LogP contribution < -0.4 is 5.73 Å². The Balaban J connectivity index is 2.41. The Morgan fingerprint density at radius 3 is 2.53 bits per heavy atom. The fourth-order valence-electron chi connectivity index (χ4n) is 1.92. The largest absolute Gasteiger partial charge is 0.324 e. The van der Waals surface area contributed by atoms with E-state index in [1.807, 2.05) is 19.1 Å². The van der Waals surface area contributed by atoms with Crippen LogP contribution >= 0.6 is 11.8 Å². The van der Waals surface area contributed by atoms with Crippen LogP contribution in [-0.4, -0.2) is 0 Å². The Bertz CT molecular complexity index is 593. The van der Waals surface area contributed by atoms with Gasteiger partial charge in [-0.2, -0.15) is 0 Å². The minimum Gasteiger partial charge on any atom is -0.324 e. The highest BCUT2D eigenvalue weighted by atomic mass is 32.2. The molecular formula is C16H18FNS. The van der Waals surface area contributed by atoms with Crippen LogP contribution in [0, 0.1) is 19.7 Å². The molecule has 2 aromatic rings. The molecule has 100 valence electrons. The van der Waals surface area contributed by atoms with E-state index < -0.39 is 0 Å². The van der Waals surface area contributed by atoms with Crippen molar-refractivity contribution < 1.29 is 4.39 Å². The number of halogens is 1. The average Bonchev–Trinajstić information content (AvgIpc) is 2.33. The highest BCUT2D eigenvalue weighted by Crippen LogP contribution is 2.34. The molecule has 1 unspecified atom stereocenters. The van der Waals surface area contributed by atoms with Crippen molar-refractivity contribution in [3.8, 4) is 0 Å². The third-order valence-corrected chi connectivity index (χ3v) is 4.06. The maximum absolute atomic E-state index is 13.7. The number of hydrogen-bond donors (Lipinski definition) is 1. The van der Waals surface area contributed by atoms with E-state index in [1.165, 1.54) is 5.56 Å². The standard InChI is InChI=1S/C16H18FNS/c1-10-5-4-6-13(7-10)19-16-8-11(2)15(17)9-14(16)12(3)18/h4-9,12H,18H2,1-3H3. The Kier molecular flexibility index (Phi) is 4.27. The zero-order valence-corrected chi connectivity index (χ0v) is 12.2. The van der Waals surface area contributed by atoms with Gasteiger partial charge in [0.05, 0.1) is 0 Å². The van der Waals surface area contributed by atoms with E-state index in [1.54, 1.807) is 24.8 Å². The topological polar surface area (TPSA) is 26.0 Å².